The Hall–Kier alpha value is -0.160. The van der Waals surface area contributed by atoms with E-state index < -0.39 is 18.3 Å². The zero-order chi connectivity index (χ0) is 14.6. The van der Waals surface area contributed by atoms with E-state index in [1.807, 2.05) is 0 Å². The van der Waals surface area contributed by atoms with Gasteiger partial charge in [-0.2, -0.15) is 0 Å². The van der Waals surface area contributed by atoms with Crippen LogP contribution in [-0.4, -0.2) is 46.3 Å². The van der Waals surface area contributed by atoms with Gasteiger partial charge < -0.3 is 20.1 Å². The van der Waals surface area contributed by atoms with Crippen molar-refractivity contribution >= 4 is 0 Å². The predicted octanol–water partition coefficient (Wildman–Crippen LogP) is 1.57. The molecule has 114 valence electrons. The van der Waals surface area contributed by atoms with E-state index in [1.165, 1.54) is 19.3 Å². The predicted molar refractivity (Wildman–Crippen MR) is 74.8 cm³/mol. The SMILES string of the molecule is CC[C@H]1C[C@@H](C)CC1C.C[C@@H]1O[C@H](CO)C(O)[C@H]1O. The molecule has 2 fully saturated rings. The highest BCUT2D eigenvalue weighted by molar-refractivity contribution is 4.87. The lowest BCUT2D eigenvalue weighted by Gasteiger charge is -2.10. The maximum Gasteiger partial charge on any atom is 0.111 e. The summed E-state index contributed by atoms with van der Waals surface area (Å²) in [6, 6.07) is 0. The van der Waals surface area contributed by atoms with Gasteiger partial charge in [-0.15, -0.1) is 0 Å². The summed E-state index contributed by atoms with van der Waals surface area (Å²) in [4.78, 5) is 0. The minimum Gasteiger partial charge on any atom is -0.394 e. The van der Waals surface area contributed by atoms with Crippen LogP contribution in [0.15, 0.2) is 0 Å². The molecular weight excluding hydrogens is 244 g/mol. The topological polar surface area (TPSA) is 69.9 Å². The third-order valence-electron chi connectivity index (χ3n) is 4.59. The van der Waals surface area contributed by atoms with E-state index in [4.69, 9.17) is 20.1 Å². The van der Waals surface area contributed by atoms with Gasteiger partial charge in [0.1, 0.15) is 18.3 Å². The number of hydrogen-bond acceptors (Lipinski definition) is 4. The van der Waals surface area contributed by atoms with Crippen molar-refractivity contribution in [2.24, 2.45) is 17.8 Å². The third-order valence-corrected chi connectivity index (χ3v) is 4.59. The molecule has 2 unspecified atom stereocenters. The van der Waals surface area contributed by atoms with Crippen molar-refractivity contribution in [2.75, 3.05) is 6.61 Å². The second kappa shape index (κ2) is 7.58. The van der Waals surface area contributed by atoms with Crippen LogP contribution in [-0.2, 0) is 4.74 Å². The summed E-state index contributed by atoms with van der Waals surface area (Å²) >= 11 is 0. The molecule has 2 aliphatic rings. The number of rotatable bonds is 2. The molecule has 0 aromatic heterocycles. The lowest BCUT2D eigenvalue weighted by atomic mass is 9.96. The molecule has 0 bridgehead atoms. The Bertz CT molecular complexity index is 259. The summed E-state index contributed by atoms with van der Waals surface area (Å²) in [5.74, 6) is 3.05. The van der Waals surface area contributed by atoms with Crippen LogP contribution in [0.4, 0.5) is 0 Å². The van der Waals surface area contributed by atoms with Crippen LogP contribution < -0.4 is 0 Å². The average molecular weight is 274 g/mol. The fourth-order valence-electron chi connectivity index (χ4n) is 3.33. The quantitative estimate of drug-likeness (QED) is 0.715. The molecule has 19 heavy (non-hydrogen) atoms. The molecule has 0 spiro atoms. The Balaban J connectivity index is 0.000000191. The Morgan fingerprint density at radius 2 is 1.68 bits per heavy atom. The first-order chi connectivity index (χ1) is 8.90. The smallest absolute Gasteiger partial charge is 0.111 e. The first-order valence-corrected chi connectivity index (χ1v) is 7.53. The molecular formula is C15H30O4. The average Bonchev–Trinajstić information content (AvgIpc) is 2.83. The summed E-state index contributed by atoms with van der Waals surface area (Å²) in [6.07, 6.45) is 1.54. The minimum absolute atomic E-state index is 0.247. The van der Waals surface area contributed by atoms with Gasteiger partial charge in [-0.25, -0.2) is 0 Å². The highest BCUT2D eigenvalue weighted by atomic mass is 16.5. The van der Waals surface area contributed by atoms with E-state index in [9.17, 15) is 0 Å². The second-order valence-corrected chi connectivity index (χ2v) is 6.27. The van der Waals surface area contributed by atoms with Crippen LogP contribution in [0.5, 0.6) is 0 Å². The molecule has 2 rings (SSSR count). The Morgan fingerprint density at radius 3 is 1.89 bits per heavy atom. The lowest BCUT2D eigenvalue weighted by molar-refractivity contribution is -0.0171. The normalized spacial score (nSPS) is 45.9. The molecule has 7 atom stereocenters. The van der Waals surface area contributed by atoms with Crippen molar-refractivity contribution in [1.82, 2.24) is 0 Å². The molecule has 0 aromatic carbocycles. The van der Waals surface area contributed by atoms with Crippen molar-refractivity contribution in [3.05, 3.63) is 0 Å². The molecule has 0 radical (unpaired) electrons. The van der Waals surface area contributed by atoms with Gasteiger partial charge in [0.05, 0.1) is 12.7 Å². The van der Waals surface area contributed by atoms with Gasteiger partial charge in [0.25, 0.3) is 0 Å². The van der Waals surface area contributed by atoms with Crippen molar-refractivity contribution in [1.29, 1.82) is 0 Å². The van der Waals surface area contributed by atoms with E-state index in [1.54, 1.807) is 6.92 Å². The van der Waals surface area contributed by atoms with Gasteiger partial charge in [-0.1, -0.05) is 27.2 Å². The summed E-state index contributed by atoms with van der Waals surface area (Å²) in [6.45, 7) is 8.51. The molecule has 0 aromatic rings. The molecule has 4 heteroatoms. The molecule has 1 aliphatic heterocycles. The first-order valence-electron chi connectivity index (χ1n) is 7.53. The molecule has 0 amide bonds. The Morgan fingerprint density at radius 1 is 1.05 bits per heavy atom. The van der Waals surface area contributed by atoms with Crippen LogP contribution in [0.1, 0.15) is 47.0 Å². The van der Waals surface area contributed by atoms with Gasteiger partial charge in [0.15, 0.2) is 0 Å². The van der Waals surface area contributed by atoms with Crippen molar-refractivity contribution in [3.8, 4) is 0 Å². The summed E-state index contributed by atoms with van der Waals surface area (Å²) in [5, 5.41) is 26.8. The van der Waals surface area contributed by atoms with Crippen LogP contribution in [0.25, 0.3) is 0 Å². The third kappa shape index (κ3) is 4.42. The number of ether oxygens (including phenoxy) is 1. The maximum atomic E-state index is 9.09. The number of hydrogen-bond donors (Lipinski definition) is 3. The monoisotopic (exact) mass is 274 g/mol. The van der Waals surface area contributed by atoms with E-state index in [0.29, 0.717) is 0 Å². The largest absolute Gasteiger partial charge is 0.394 e. The molecule has 4 nitrogen and oxygen atoms in total. The van der Waals surface area contributed by atoms with Crippen LogP contribution in [0, 0.1) is 17.8 Å². The number of aliphatic hydroxyl groups is 3. The molecule has 1 heterocycles. The molecule has 1 saturated carbocycles. The lowest BCUT2D eigenvalue weighted by Crippen LogP contribution is -2.33. The maximum absolute atomic E-state index is 9.09. The summed E-state index contributed by atoms with van der Waals surface area (Å²) < 4.78 is 4.98. The van der Waals surface area contributed by atoms with Crippen LogP contribution in [0.2, 0.25) is 0 Å². The first kappa shape index (κ1) is 16.9. The van der Waals surface area contributed by atoms with E-state index in [0.717, 1.165) is 17.8 Å². The fraction of sp³-hybridized carbons (Fsp3) is 1.00. The van der Waals surface area contributed by atoms with Gasteiger partial charge in [-0.3, -0.25) is 0 Å². The standard InChI is InChI=1S/C9H18.C6H12O4/c1-4-9-6-7(2)5-8(9)3;1-3-5(8)6(9)4(2-7)10-3/h7-9H,4-6H2,1-3H3;3-9H,2H2,1H3/t7-,8?,9-;3-,4+,5-,6?/m00/s1. The van der Waals surface area contributed by atoms with Crippen LogP contribution in [0.3, 0.4) is 0 Å². The molecule has 3 N–H and O–H groups in total. The number of aliphatic hydroxyl groups excluding tert-OH is 3. The van der Waals surface area contributed by atoms with Gasteiger partial charge in [0.2, 0.25) is 0 Å². The zero-order valence-corrected chi connectivity index (χ0v) is 12.6. The highest BCUT2D eigenvalue weighted by Crippen LogP contribution is 2.37. The minimum atomic E-state index is -0.944. The van der Waals surface area contributed by atoms with Crippen molar-refractivity contribution in [3.63, 3.8) is 0 Å². The second-order valence-electron chi connectivity index (χ2n) is 6.27. The van der Waals surface area contributed by atoms with Crippen molar-refractivity contribution in [2.45, 2.75) is 71.4 Å². The molecule has 1 aliphatic carbocycles. The zero-order valence-electron chi connectivity index (χ0n) is 12.6. The Kier molecular flexibility index (Phi) is 6.74. The summed E-state index contributed by atoms with van der Waals surface area (Å²) in [7, 11) is 0. The van der Waals surface area contributed by atoms with E-state index in [2.05, 4.69) is 20.8 Å². The van der Waals surface area contributed by atoms with Crippen LogP contribution >= 0.6 is 0 Å². The van der Waals surface area contributed by atoms with E-state index in [-0.39, 0.29) is 12.7 Å². The van der Waals surface area contributed by atoms with Gasteiger partial charge in [0, 0.05) is 0 Å². The highest BCUT2D eigenvalue weighted by Gasteiger charge is 2.39. The Labute approximate surface area is 116 Å². The van der Waals surface area contributed by atoms with Crippen molar-refractivity contribution < 1.29 is 20.1 Å². The molecule has 1 saturated heterocycles. The summed E-state index contributed by atoms with van der Waals surface area (Å²) in [5.41, 5.74) is 0. The van der Waals surface area contributed by atoms with Gasteiger partial charge in [-0.05, 0) is 37.5 Å². The van der Waals surface area contributed by atoms with E-state index >= 15 is 0 Å². The fourth-order valence-corrected chi connectivity index (χ4v) is 3.33. The van der Waals surface area contributed by atoms with Gasteiger partial charge >= 0.3 is 0 Å².